The Hall–Kier alpha value is -1.17. The average Bonchev–Trinajstić information content (AvgIpc) is 2.81. The predicted octanol–water partition coefficient (Wildman–Crippen LogP) is 3.43. The smallest absolute Gasteiger partial charge is 0.303 e. The van der Waals surface area contributed by atoms with Crippen LogP contribution in [0.15, 0.2) is 23.8 Å². The van der Waals surface area contributed by atoms with Gasteiger partial charge in [-0.3, -0.25) is 4.79 Å². The summed E-state index contributed by atoms with van der Waals surface area (Å²) in [7, 11) is 0. The Labute approximate surface area is 157 Å². The van der Waals surface area contributed by atoms with E-state index in [0.717, 1.165) is 32.1 Å². The monoisotopic (exact) mass is 368 g/mol. The number of rotatable bonds is 12. The van der Waals surface area contributed by atoms with E-state index in [4.69, 9.17) is 5.11 Å². The van der Waals surface area contributed by atoms with Crippen LogP contribution in [-0.2, 0) is 4.79 Å². The summed E-state index contributed by atoms with van der Waals surface area (Å²) in [6.07, 6.45) is 10.4. The lowest BCUT2D eigenvalue weighted by molar-refractivity contribution is -0.137. The van der Waals surface area contributed by atoms with Crippen molar-refractivity contribution in [3.8, 4) is 0 Å². The molecule has 5 nitrogen and oxygen atoms in total. The van der Waals surface area contributed by atoms with E-state index in [1.165, 1.54) is 5.57 Å². The Morgan fingerprint density at radius 3 is 2.46 bits per heavy atom. The summed E-state index contributed by atoms with van der Waals surface area (Å²) in [6, 6.07) is 0. The van der Waals surface area contributed by atoms with Gasteiger partial charge in [0.2, 0.25) is 0 Å². The van der Waals surface area contributed by atoms with Crippen LogP contribution >= 0.6 is 0 Å². The van der Waals surface area contributed by atoms with Gasteiger partial charge in [-0.2, -0.15) is 0 Å². The molecule has 1 aliphatic rings. The van der Waals surface area contributed by atoms with Crippen molar-refractivity contribution in [2.24, 2.45) is 11.8 Å². The molecule has 0 aromatic rings. The van der Waals surface area contributed by atoms with Gasteiger partial charge in [0.05, 0.1) is 18.3 Å². The number of hydrogen-bond acceptors (Lipinski definition) is 4. The molecule has 0 saturated heterocycles. The number of aliphatic carboxylic acids is 1. The second kappa shape index (κ2) is 12.3. The Kier molecular flexibility index (Phi) is 10.8. The van der Waals surface area contributed by atoms with E-state index < -0.39 is 24.3 Å². The lowest BCUT2D eigenvalue weighted by Gasteiger charge is -2.21. The van der Waals surface area contributed by atoms with Gasteiger partial charge in [-0.15, -0.1) is 0 Å². The number of hydrogen-bond donors (Lipinski definition) is 4. The van der Waals surface area contributed by atoms with Crippen molar-refractivity contribution in [3.05, 3.63) is 23.8 Å². The fourth-order valence-corrected chi connectivity index (χ4v) is 3.68. The van der Waals surface area contributed by atoms with Crippen LogP contribution in [0.2, 0.25) is 0 Å². The van der Waals surface area contributed by atoms with Gasteiger partial charge in [-0.05, 0) is 45.4 Å². The molecule has 0 amide bonds. The van der Waals surface area contributed by atoms with E-state index in [9.17, 15) is 20.1 Å². The second-order valence-corrected chi connectivity index (χ2v) is 7.77. The second-order valence-electron chi connectivity index (χ2n) is 7.77. The molecule has 1 saturated carbocycles. The van der Waals surface area contributed by atoms with E-state index in [-0.39, 0.29) is 18.3 Å². The third-order valence-corrected chi connectivity index (χ3v) is 5.16. The molecule has 1 rings (SSSR count). The van der Waals surface area contributed by atoms with E-state index in [1.807, 2.05) is 19.9 Å². The minimum Gasteiger partial charge on any atom is -0.481 e. The van der Waals surface area contributed by atoms with Gasteiger partial charge < -0.3 is 20.4 Å². The summed E-state index contributed by atoms with van der Waals surface area (Å²) in [5.74, 6) is -0.875. The molecule has 0 heterocycles. The molecule has 0 bridgehead atoms. The van der Waals surface area contributed by atoms with Crippen LogP contribution in [0.4, 0.5) is 0 Å². The summed E-state index contributed by atoms with van der Waals surface area (Å²) in [6.45, 7) is 4.07. The van der Waals surface area contributed by atoms with Crippen LogP contribution in [0.1, 0.15) is 71.6 Å². The zero-order valence-corrected chi connectivity index (χ0v) is 16.2. The van der Waals surface area contributed by atoms with Gasteiger partial charge >= 0.3 is 5.97 Å². The molecule has 1 fully saturated rings. The lowest BCUT2D eigenvalue weighted by Crippen LogP contribution is -2.21. The molecule has 0 aromatic carbocycles. The molecule has 150 valence electrons. The SMILES string of the molecule is CC(C)=CCC[C@H](O)/C=C/[C@@H]1[C@@H](CCCCCCC(=O)O)[C@@H](O)C[C@H]1O. The molecule has 0 aromatic heterocycles. The highest BCUT2D eigenvalue weighted by Crippen LogP contribution is 2.37. The highest BCUT2D eigenvalue weighted by atomic mass is 16.4. The first kappa shape index (κ1) is 22.9. The maximum Gasteiger partial charge on any atom is 0.303 e. The molecule has 26 heavy (non-hydrogen) atoms. The van der Waals surface area contributed by atoms with Crippen molar-refractivity contribution in [2.75, 3.05) is 0 Å². The largest absolute Gasteiger partial charge is 0.481 e. The summed E-state index contributed by atoms with van der Waals surface area (Å²) in [5.41, 5.74) is 1.24. The van der Waals surface area contributed by atoms with Crippen molar-refractivity contribution >= 4 is 5.97 Å². The third-order valence-electron chi connectivity index (χ3n) is 5.16. The van der Waals surface area contributed by atoms with E-state index in [2.05, 4.69) is 6.08 Å². The summed E-state index contributed by atoms with van der Waals surface area (Å²) >= 11 is 0. The minimum atomic E-state index is -0.757. The van der Waals surface area contributed by atoms with Crippen molar-refractivity contribution in [3.63, 3.8) is 0 Å². The third kappa shape index (κ3) is 8.97. The number of carbonyl (C=O) groups is 1. The summed E-state index contributed by atoms with van der Waals surface area (Å²) in [5, 5.41) is 39.2. The molecule has 0 spiro atoms. The maximum absolute atomic E-state index is 10.5. The van der Waals surface area contributed by atoms with Crippen LogP contribution < -0.4 is 0 Å². The van der Waals surface area contributed by atoms with Crippen LogP contribution in [0.25, 0.3) is 0 Å². The zero-order chi connectivity index (χ0) is 19.5. The highest BCUT2D eigenvalue weighted by molar-refractivity contribution is 5.66. The van der Waals surface area contributed by atoms with Crippen molar-refractivity contribution in [2.45, 2.75) is 89.9 Å². The minimum absolute atomic E-state index is 0.00528. The van der Waals surface area contributed by atoms with E-state index in [1.54, 1.807) is 6.08 Å². The highest BCUT2D eigenvalue weighted by Gasteiger charge is 2.39. The molecular weight excluding hydrogens is 332 g/mol. The predicted molar refractivity (Wildman–Crippen MR) is 103 cm³/mol. The average molecular weight is 369 g/mol. The van der Waals surface area contributed by atoms with Gasteiger partial charge in [0, 0.05) is 18.8 Å². The standard InChI is InChI=1S/C21H36O5/c1-15(2)8-7-9-16(22)12-13-18-17(19(23)14-20(18)24)10-5-3-4-6-11-21(25)26/h8,12-13,16-20,22-24H,3-7,9-11,14H2,1-2H3,(H,25,26)/b13-12+/t16-,17+,18+,19-,20+/m0/s1. The van der Waals surface area contributed by atoms with Crippen LogP contribution in [-0.4, -0.2) is 44.7 Å². The number of aliphatic hydroxyl groups is 3. The molecule has 0 aliphatic heterocycles. The number of allylic oxidation sites excluding steroid dienone is 2. The van der Waals surface area contributed by atoms with Crippen molar-refractivity contribution < 1.29 is 25.2 Å². The van der Waals surface area contributed by atoms with Gasteiger partial charge in [0.25, 0.3) is 0 Å². The van der Waals surface area contributed by atoms with Gasteiger partial charge in [0.15, 0.2) is 0 Å². The van der Waals surface area contributed by atoms with Gasteiger partial charge in [-0.25, -0.2) is 0 Å². The fraction of sp³-hybridized carbons (Fsp3) is 0.762. The number of unbranched alkanes of at least 4 members (excludes halogenated alkanes) is 3. The topological polar surface area (TPSA) is 98.0 Å². The summed E-state index contributed by atoms with van der Waals surface area (Å²) in [4.78, 5) is 10.5. The van der Waals surface area contributed by atoms with Crippen LogP contribution in [0.3, 0.4) is 0 Å². The normalized spacial score (nSPS) is 27.0. The molecule has 4 N–H and O–H groups in total. The first-order chi connectivity index (χ1) is 12.3. The maximum atomic E-state index is 10.5. The number of carboxylic acid groups (broad SMARTS) is 1. The van der Waals surface area contributed by atoms with Gasteiger partial charge in [-0.1, -0.05) is 43.1 Å². The first-order valence-electron chi connectivity index (χ1n) is 9.89. The van der Waals surface area contributed by atoms with Crippen LogP contribution in [0, 0.1) is 11.8 Å². The van der Waals surface area contributed by atoms with E-state index >= 15 is 0 Å². The molecule has 5 heteroatoms. The molecule has 0 radical (unpaired) electrons. The molecule has 5 atom stereocenters. The zero-order valence-electron chi connectivity index (χ0n) is 16.2. The Morgan fingerprint density at radius 2 is 1.81 bits per heavy atom. The quantitative estimate of drug-likeness (QED) is 0.312. The number of carboxylic acids is 1. The Balaban J connectivity index is 2.41. The van der Waals surface area contributed by atoms with E-state index in [0.29, 0.717) is 19.3 Å². The lowest BCUT2D eigenvalue weighted by atomic mass is 9.88. The Bertz CT molecular complexity index is 467. The van der Waals surface area contributed by atoms with Crippen LogP contribution in [0.5, 0.6) is 0 Å². The molecule has 1 aliphatic carbocycles. The molecular formula is C21H36O5. The van der Waals surface area contributed by atoms with Crippen molar-refractivity contribution in [1.82, 2.24) is 0 Å². The fourth-order valence-electron chi connectivity index (χ4n) is 3.68. The molecule has 0 unspecified atom stereocenters. The van der Waals surface area contributed by atoms with Crippen molar-refractivity contribution in [1.29, 1.82) is 0 Å². The Morgan fingerprint density at radius 1 is 1.12 bits per heavy atom. The summed E-state index contributed by atoms with van der Waals surface area (Å²) < 4.78 is 0. The van der Waals surface area contributed by atoms with Gasteiger partial charge in [0.1, 0.15) is 0 Å². The first-order valence-corrected chi connectivity index (χ1v) is 9.89. The number of aliphatic hydroxyl groups excluding tert-OH is 3.